The molecule has 0 radical (unpaired) electrons. The van der Waals surface area contributed by atoms with E-state index in [1.807, 2.05) is 17.1 Å². The number of carboxylic acid groups (broad SMARTS) is 1. The van der Waals surface area contributed by atoms with E-state index in [-0.39, 0.29) is 11.8 Å². The minimum atomic E-state index is -1.000. The fraction of sp³-hybridized carbons (Fsp3) is 0.533. The van der Waals surface area contributed by atoms with Crippen LogP contribution >= 0.6 is 11.3 Å². The van der Waals surface area contributed by atoms with Crippen LogP contribution in [0.25, 0.3) is 0 Å². The minimum Gasteiger partial charge on any atom is -0.476 e. The van der Waals surface area contributed by atoms with Gasteiger partial charge in [-0.15, -0.1) is 11.3 Å². The lowest BCUT2D eigenvalue weighted by molar-refractivity contribution is -0.0239. The number of nitrogens with one attached hydrogen (secondary N) is 1. The second-order valence-corrected chi connectivity index (χ2v) is 6.41. The average molecular weight is 336 g/mol. The van der Waals surface area contributed by atoms with Crippen LogP contribution in [0.4, 0.5) is 5.13 Å². The second kappa shape index (κ2) is 7.10. The van der Waals surface area contributed by atoms with E-state index < -0.39 is 5.97 Å². The Morgan fingerprint density at radius 1 is 1.61 bits per heavy atom. The van der Waals surface area contributed by atoms with E-state index in [1.54, 1.807) is 5.38 Å². The van der Waals surface area contributed by atoms with E-state index in [1.165, 1.54) is 11.3 Å². The molecule has 2 aromatic rings. The van der Waals surface area contributed by atoms with Gasteiger partial charge in [0.1, 0.15) is 0 Å². The molecule has 8 heteroatoms. The number of aryl methyl sites for hydroxylation is 1. The first-order valence-corrected chi connectivity index (χ1v) is 8.62. The number of ether oxygens (including phenoxy) is 1. The third-order valence-electron chi connectivity index (χ3n) is 3.99. The number of rotatable bonds is 6. The minimum absolute atomic E-state index is 0.0236. The summed E-state index contributed by atoms with van der Waals surface area (Å²) in [5.41, 5.74) is 1.18. The highest BCUT2D eigenvalue weighted by Gasteiger charge is 2.28. The molecule has 1 fully saturated rings. The Morgan fingerprint density at radius 2 is 2.48 bits per heavy atom. The number of thiazole rings is 1. The van der Waals surface area contributed by atoms with E-state index >= 15 is 0 Å². The lowest BCUT2D eigenvalue weighted by Crippen LogP contribution is -2.28. The van der Waals surface area contributed by atoms with Gasteiger partial charge >= 0.3 is 5.97 Å². The molecule has 2 N–H and O–H groups in total. The van der Waals surface area contributed by atoms with Crippen LogP contribution in [0.5, 0.6) is 0 Å². The molecule has 0 amide bonds. The summed E-state index contributed by atoms with van der Waals surface area (Å²) in [6.45, 7) is 4.36. The molecule has 2 aromatic heterocycles. The maximum absolute atomic E-state index is 10.9. The van der Waals surface area contributed by atoms with Gasteiger partial charge in [0.05, 0.1) is 12.3 Å². The molecule has 0 saturated carbocycles. The fourth-order valence-electron chi connectivity index (χ4n) is 2.79. The molecule has 2 atom stereocenters. The molecule has 0 bridgehead atoms. The Kier molecular flexibility index (Phi) is 4.92. The van der Waals surface area contributed by atoms with Gasteiger partial charge in [-0.25, -0.2) is 9.78 Å². The van der Waals surface area contributed by atoms with Crippen molar-refractivity contribution in [2.45, 2.75) is 32.4 Å². The van der Waals surface area contributed by atoms with Gasteiger partial charge in [0, 0.05) is 42.8 Å². The summed E-state index contributed by atoms with van der Waals surface area (Å²) in [5, 5.41) is 18.7. The predicted octanol–water partition coefficient (Wildman–Crippen LogP) is 2.64. The molecular weight excluding hydrogens is 316 g/mol. The van der Waals surface area contributed by atoms with Crippen molar-refractivity contribution in [1.82, 2.24) is 14.8 Å². The molecule has 3 heterocycles. The predicted molar refractivity (Wildman–Crippen MR) is 86.9 cm³/mol. The largest absolute Gasteiger partial charge is 0.476 e. The van der Waals surface area contributed by atoms with Crippen molar-refractivity contribution in [2.24, 2.45) is 5.92 Å². The third-order valence-corrected chi connectivity index (χ3v) is 4.79. The van der Waals surface area contributed by atoms with Gasteiger partial charge in [-0.05, 0) is 19.8 Å². The molecule has 0 aromatic carbocycles. The van der Waals surface area contributed by atoms with Gasteiger partial charge < -0.3 is 15.2 Å². The third kappa shape index (κ3) is 3.70. The van der Waals surface area contributed by atoms with E-state index in [0.29, 0.717) is 17.6 Å². The molecule has 23 heavy (non-hydrogen) atoms. The van der Waals surface area contributed by atoms with Crippen LogP contribution in [-0.2, 0) is 11.3 Å². The number of nitrogens with zero attached hydrogens (tertiary/aromatic N) is 3. The van der Waals surface area contributed by atoms with Crippen LogP contribution in [-0.4, -0.2) is 39.0 Å². The van der Waals surface area contributed by atoms with Gasteiger partial charge in [0.15, 0.2) is 10.8 Å². The van der Waals surface area contributed by atoms with Crippen LogP contribution < -0.4 is 5.32 Å². The van der Waals surface area contributed by atoms with E-state index in [2.05, 4.69) is 22.3 Å². The lowest BCUT2D eigenvalue weighted by atomic mass is 9.91. The zero-order valence-electron chi connectivity index (χ0n) is 12.9. The van der Waals surface area contributed by atoms with Crippen molar-refractivity contribution in [3.8, 4) is 0 Å². The smallest absolute Gasteiger partial charge is 0.355 e. The summed E-state index contributed by atoms with van der Waals surface area (Å²) < 4.78 is 7.86. The maximum Gasteiger partial charge on any atom is 0.355 e. The Morgan fingerprint density at radius 3 is 3.17 bits per heavy atom. The zero-order chi connectivity index (χ0) is 16.2. The highest BCUT2D eigenvalue weighted by molar-refractivity contribution is 7.13. The fourth-order valence-corrected chi connectivity index (χ4v) is 3.49. The molecule has 3 rings (SSSR count). The van der Waals surface area contributed by atoms with Gasteiger partial charge in [-0.1, -0.05) is 0 Å². The second-order valence-electron chi connectivity index (χ2n) is 5.55. The highest BCUT2D eigenvalue weighted by atomic mass is 32.1. The Bertz CT molecular complexity index is 669. The number of hydrogen-bond acceptors (Lipinski definition) is 6. The number of aromatic nitrogens is 3. The molecule has 1 saturated heterocycles. The van der Waals surface area contributed by atoms with Crippen molar-refractivity contribution in [3.63, 3.8) is 0 Å². The lowest BCUT2D eigenvalue weighted by Gasteiger charge is -2.31. The van der Waals surface area contributed by atoms with E-state index in [9.17, 15) is 4.79 Å². The van der Waals surface area contributed by atoms with Crippen LogP contribution in [0.15, 0.2) is 17.8 Å². The van der Waals surface area contributed by atoms with Crippen molar-refractivity contribution in [1.29, 1.82) is 0 Å². The van der Waals surface area contributed by atoms with Crippen molar-refractivity contribution >= 4 is 22.4 Å². The first-order valence-electron chi connectivity index (χ1n) is 7.74. The average Bonchev–Trinajstić information content (AvgIpc) is 3.22. The molecule has 1 aliphatic heterocycles. The highest BCUT2D eigenvalue weighted by Crippen LogP contribution is 2.33. The van der Waals surface area contributed by atoms with Crippen molar-refractivity contribution < 1.29 is 14.6 Å². The first kappa shape index (κ1) is 15.9. The van der Waals surface area contributed by atoms with Crippen LogP contribution in [0.1, 0.15) is 41.9 Å². The summed E-state index contributed by atoms with van der Waals surface area (Å²) in [4.78, 5) is 14.9. The molecular formula is C15H20N4O3S. The standard InChI is InChI=1S/C15H20N4O3S/c1-2-19-8-11(7-17-19)13-10(4-3-5-22-13)6-16-15-18-12(9-23-15)14(20)21/h7-10,13H,2-6H2,1H3,(H,16,18)(H,20,21)/t10-,13+/m0/s1. The van der Waals surface area contributed by atoms with Gasteiger partial charge in [-0.2, -0.15) is 5.10 Å². The number of carbonyl (C=O) groups is 1. The molecule has 0 unspecified atom stereocenters. The van der Waals surface area contributed by atoms with Crippen molar-refractivity contribution in [2.75, 3.05) is 18.5 Å². The Labute approximate surface area is 138 Å². The zero-order valence-corrected chi connectivity index (χ0v) is 13.8. The van der Waals surface area contributed by atoms with Gasteiger partial charge in [0.25, 0.3) is 0 Å². The summed E-state index contributed by atoms with van der Waals surface area (Å²) in [7, 11) is 0. The Hall–Kier alpha value is -1.93. The summed E-state index contributed by atoms with van der Waals surface area (Å²) in [6, 6.07) is 0. The SMILES string of the molecule is CCn1cc([C@@H]2OCCC[C@H]2CNc2nc(C(=O)O)cs2)cn1. The first-order chi connectivity index (χ1) is 11.2. The number of aromatic carboxylic acids is 1. The van der Waals surface area contributed by atoms with Gasteiger partial charge in [0.2, 0.25) is 0 Å². The topological polar surface area (TPSA) is 89.3 Å². The molecule has 0 aliphatic carbocycles. The normalized spacial score (nSPS) is 21.3. The van der Waals surface area contributed by atoms with E-state index in [0.717, 1.165) is 31.6 Å². The number of carboxylic acids is 1. The quantitative estimate of drug-likeness (QED) is 0.843. The van der Waals surface area contributed by atoms with Crippen LogP contribution in [0, 0.1) is 5.92 Å². The number of hydrogen-bond donors (Lipinski definition) is 2. The van der Waals surface area contributed by atoms with E-state index in [4.69, 9.17) is 9.84 Å². The van der Waals surface area contributed by atoms with Crippen LogP contribution in [0.3, 0.4) is 0 Å². The summed E-state index contributed by atoms with van der Waals surface area (Å²) in [6.07, 6.45) is 6.03. The molecule has 7 nitrogen and oxygen atoms in total. The molecule has 0 spiro atoms. The molecule has 1 aliphatic rings. The number of anilines is 1. The summed E-state index contributed by atoms with van der Waals surface area (Å²) >= 11 is 1.31. The monoisotopic (exact) mass is 336 g/mol. The van der Waals surface area contributed by atoms with Crippen molar-refractivity contribution in [3.05, 3.63) is 29.0 Å². The summed E-state index contributed by atoms with van der Waals surface area (Å²) in [5.74, 6) is -0.685. The maximum atomic E-state index is 10.9. The molecule has 124 valence electrons. The van der Waals surface area contributed by atoms with Crippen LogP contribution in [0.2, 0.25) is 0 Å². The van der Waals surface area contributed by atoms with Gasteiger partial charge in [-0.3, -0.25) is 4.68 Å². The Balaban J connectivity index is 1.65.